The van der Waals surface area contributed by atoms with Crippen LogP contribution in [0.15, 0.2) is 55.0 Å². The van der Waals surface area contributed by atoms with E-state index in [1.54, 1.807) is 20.2 Å². The number of fused-ring (bicyclic) bond motifs is 1. The molecular formula is C32H42N6O3. The maximum atomic E-state index is 11.7. The summed E-state index contributed by atoms with van der Waals surface area (Å²) in [6.45, 7) is 15.2. The van der Waals surface area contributed by atoms with Crippen molar-refractivity contribution in [2.24, 2.45) is 0 Å². The van der Waals surface area contributed by atoms with Crippen molar-refractivity contribution < 1.29 is 14.3 Å². The maximum absolute atomic E-state index is 11.7. The number of carbonyl (C=O) groups is 1. The lowest BCUT2D eigenvalue weighted by Gasteiger charge is -2.26. The average molecular weight is 559 g/mol. The van der Waals surface area contributed by atoms with Gasteiger partial charge in [-0.05, 0) is 74.7 Å². The Kier molecular flexibility index (Phi) is 10.8. The average Bonchev–Trinajstić information content (AvgIpc) is 3.41. The molecule has 0 radical (unpaired) electrons. The van der Waals surface area contributed by atoms with E-state index in [0.29, 0.717) is 5.82 Å². The molecule has 0 spiro atoms. The van der Waals surface area contributed by atoms with E-state index in [1.807, 2.05) is 61.0 Å². The molecule has 2 N–H and O–H groups in total. The van der Waals surface area contributed by atoms with Crippen molar-refractivity contribution in [1.29, 1.82) is 0 Å². The molecule has 2 aromatic carbocycles. The number of ether oxygens (including phenoxy) is 2. The summed E-state index contributed by atoms with van der Waals surface area (Å²) in [5.41, 5.74) is 6.32. The summed E-state index contributed by atoms with van der Waals surface area (Å²) in [6, 6.07) is 11.7. The highest BCUT2D eigenvalue weighted by atomic mass is 16.5. The molecule has 5 rings (SSSR count). The fourth-order valence-corrected chi connectivity index (χ4v) is 4.91. The second kappa shape index (κ2) is 14.7. The first-order valence-corrected chi connectivity index (χ1v) is 14.3. The lowest BCUT2D eigenvalue weighted by molar-refractivity contribution is 0.0994. The molecule has 0 aliphatic carbocycles. The first-order valence-electron chi connectivity index (χ1n) is 14.3. The number of benzene rings is 2. The second-order valence-electron chi connectivity index (χ2n) is 10.2. The van der Waals surface area contributed by atoms with Gasteiger partial charge >= 0.3 is 0 Å². The van der Waals surface area contributed by atoms with Gasteiger partial charge in [-0.25, -0.2) is 9.97 Å². The Hall–Kier alpha value is -3.79. The van der Waals surface area contributed by atoms with Crippen molar-refractivity contribution in [2.75, 3.05) is 58.4 Å². The van der Waals surface area contributed by atoms with Crippen LogP contribution in [-0.2, 0) is 4.74 Å². The second-order valence-corrected chi connectivity index (χ2v) is 10.2. The van der Waals surface area contributed by atoms with Gasteiger partial charge in [0.1, 0.15) is 5.75 Å². The van der Waals surface area contributed by atoms with Gasteiger partial charge in [0.15, 0.2) is 17.2 Å². The minimum Gasteiger partial charge on any atom is -0.496 e. The zero-order valence-electron chi connectivity index (χ0n) is 24.9. The van der Waals surface area contributed by atoms with Crippen molar-refractivity contribution in [3.05, 3.63) is 71.7 Å². The molecule has 41 heavy (non-hydrogen) atoms. The Morgan fingerprint density at radius 1 is 1.05 bits per heavy atom. The fraction of sp³-hybridized carbons (Fsp3) is 0.406. The van der Waals surface area contributed by atoms with Gasteiger partial charge in [0, 0.05) is 68.5 Å². The molecule has 1 aliphatic heterocycles. The number of aryl methyl sites for hydroxylation is 2. The van der Waals surface area contributed by atoms with Gasteiger partial charge < -0.3 is 20.1 Å². The summed E-state index contributed by atoms with van der Waals surface area (Å²) < 4.78 is 12.8. The van der Waals surface area contributed by atoms with Crippen LogP contribution < -0.4 is 15.4 Å². The molecule has 0 amide bonds. The van der Waals surface area contributed by atoms with Gasteiger partial charge in [0.05, 0.1) is 25.6 Å². The Labute approximate surface area is 242 Å². The molecule has 218 valence electrons. The molecular weight excluding hydrogens is 516 g/mol. The van der Waals surface area contributed by atoms with E-state index in [4.69, 9.17) is 9.47 Å². The Bertz CT molecular complexity index is 1440. The number of ketones is 1. The van der Waals surface area contributed by atoms with E-state index in [1.165, 1.54) is 13.1 Å². The number of nitrogens with zero attached hydrogens (tertiary/aromatic N) is 4. The van der Waals surface area contributed by atoms with E-state index in [-0.39, 0.29) is 5.78 Å². The topological polar surface area (TPSA) is 93.0 Å². The third kappa shape index (κ3) is 7.91. The first-order chi connectivity index (χ1) is 19.9. The summed E-state index contributed by atoms with van der Waals surface area (Å²) in [6.07, 6.45) is 6.61. The molecule has 1 saturated heterocycles. The molecule has 1 fully saturated rings. The summed E-state index contributed by atoms with van der Waals surface area (Å²) >= 11 is 0. The van der Waals surface area contributed by atoms with Crippen LogP contribution in [0.3, 0.4) is 0 Å². The van der Waals surface area contributed by atoms with Crippen molar-refractivity contribution in [3.8, 4) is 17.0 Å². The van der Waals surface area contributed by atoms with E-state index in [0.717, 1.165) is 84.3 Å². The standard InChI is InChI=1S/C23H22N4O2.C9H20N2O/c1-14-12-18(6-7-19(14)16(3)28)26-22-23-25-13-20(27(23)10-9-24-22)17-5-8-21(29-4)15(2)11-17;1-2-8-12-9-7-11-5-3-10-4-6-11/h5-13H,1-4H3,(H,24,26);10H,2-9H2,1H3. The zero-order chi connectivity index (χ0) is 29.2. The van der Waals surface area contributed by atoms with Crippen LogP contribution in [0.25, 0.3) is 16.9 Å². The number of hydrogen-bond donors (Lipinski definition) is 2. The number of rotatable bonds is 10. The molecule has 0 unspecified atom stereocenters. The van der Waals surface area contributed by atoms with Crippen LogP contribution in [0.1, 0.15) is 41.8 Å². The fourth-order valence-electron chi connectivity index (χ4n) is 4.91. The number of carbonyl (C=O) groups excluding carboxylic acids is 1. The number of aromatic nitrogens is 3. The molecule has 4 aromatic rings. The highest BCUT2D eigenvalue weighted by Gasteiger charge is 2.13. The van der Waals surface area contributed by atoms with E-state index < -0.39 is 0 Å². The lowest BCUT2D eigenvalue weighted by Crippen LogP contribution is -2.44. The monoisotopic (exact) mass is 558 g/mol. The summed E-state index contributed by atoms with van der Waals surface area (Å²) in [7, 11) is 1.67. The third-order valence-corrected chi connectivity index (χ3v) is 7.10. The Morgan fingerprint density at radius 3 is 2.54 bits per heavy atom. The molecule has 0 bridgehead atoms. The predicted molar refractivity (Wildman–Crippen MR) is 165 cm³/mol. The smallest absolute Gasteiger partial charge is 0.180 e. The number of methoxy groups -OCH3 is 1. The van der Waals surface area contributed by atoms with E-state index in [2.05, 4.69) is 38.5 Å². The van der Waals surface area contributed by atoms with E-state index in [9.17, 15) is 4.79 Å². The number of anilines is 2. The van der Waals surface area contributed by atoms with Crippen molar-refractivity contribution >= 4 is 22.9 Å². The Morgan fingerprint density at radius 2 is 1.85 bits per heavy atom. The number of nitrogens with one attached hydrogen (secondary N) is 2. The van der Waals surface area contributed by atoms with Gasteiger partial charge in [0.2, 0.25) is 0 Å². The maximum Gasteiger partial charge on any atom is 0.180 e. The lowest BCUT2D eigenvalue weighted by atomic mass is 10.0. The van der Waals surface area contributed by atoms with Crippen LogP contribution in [0.2, 0.25) is 0 Å². The van der Waals surface area contributed by atoms with Crippen molar-refractivity contribution in [1.82, 2.24) is 24.6 Å². The van der Waals surface area contributed by atoms with E-state index >= 15 is 0 Å². The van der Waals surface area contributed by atoms with Gasteiger partial charge in [0.25, 0.3) is 0 Å². The largest absolute Gasteiger partial charge is 0.496 e. The zero-order valence-corrected chi connectivity index (χ0v) is 24.9. The van der Waals surface area contributed by atoms with Crippen molar-refractivity contribution in [2.45, 2.75) is 34.1 Å². The molecule has 3 heterocycles. The summed E-state index contributed by atoms with van der Waals surface area (Å²) in [4.78, 5) is 23.2. The highest BCUT2D eigenvalue weighted by molar-refractivity contribution is 5.96. The van der Waals surface area contributed by atoms with Crippen LogP contribution in [0, 0.1) is 13.8 Å². The molecule has 0 atom stereocenters. The molecule has 9 nitrogen and oxygen atoms in total. The van der Waals surface area contributed by atoms with Crippen LogP contribution >= 0.6 is 0 Å². The SMILES string of the molecule is CCCOCCN1CCNCC1.COc1ccc(-c2cnc3c(Nc4ccc(C(C)=O)c(C)c4)nccn23)cc1C. The number of hydrogen-bond acceptors (Lipinski definition) is 8. The molecule has 1 aliphatic rings. The minimum absolute atomic E-state index is 0.0574. The highest BCUT2D eigenvalue weighted by Crippen LogP contribution is 2.29. The number of Topliss-reactive ketones (excluding diaryl/α,β-unsaturated/α-hetero) is 1. The van der Waals surface area contributed by atoms with Gasteiger partial charge in [-0.15, -0.1) is 0 Å². The third-order valence-electron chi connectivity index (χ3n) is 7.10. The summed E-state index contributed by atoms with van der Waals surface area (Å²) in [5.74, 6) is 1.57. The number of piperazine rings is 1. The van der Waals surface area contributed by atoms with Crippen LogP contribution in [-0.4, -0.2) is 78.1 Å². The number of imidazole rings is 1. The molecule has 2 aromatic heterocycles. The molecule has 0 saturated carbocycles. The van der Waals surface area contributed by atoms with Crippen LogP contribution in [0.4, 0.5) is 11.5 Å². The minimum atomic E-state index is 0.0574. The quantitative estimate of drug-likeness (QED) is 0.201. The predicted octanol–water partition coefficient (Wildman–Crippen LogP) is 5.29. The van der Waals surface area contributed by atoms with Gasteiger partial charge in [-0.3, -0.25) is 14.1 Å². The normalized spacial score (nSPS) is 13.5. The van der Waals surface area contributed by atoms with Crippen LogP contribution in [0.5, 0.6) is 5.75 Å². The molecule has 9 heteroatoms. The van der Waals surface area contributed by atoms with Gasteiger partial charge in [-0.1, -0.05) is 6.92 Å². The Balaban J connectivity index is 0.000000271. The van der Waals surface area contributed by atoms with Gasteiger partial charge in [-0.2, -0.15) is 0 Å². The summed E-state index contributed by atoms with van der Waals surface area (Å²) in [5, 5.41) is 6.66. The van der Waals surface area contributed by atoms with Crippen molar-refractivity contribution in [3.63, 3.8) is 0 Å². The first kappa shape index (κ1) is 30.2.